The van der Waals surface area contributed by atoms with Crippen molar-refractivity contribution in [3.05, 3.63) is 46.7 Å². The third kappa shape index (κ3) is 3.13. The molecule has 0 fully saturated rings. The SMILES string of the molecule is O=C(NCCc1ncc[nH]1)c1ncccc1Br. The van der Waals surface area contributed by atoms with E-state index in [1.807, 2.05) is 0 Å². The number of aromatic nitrogens is 3. The van der Waals surface area contributed by atoms with E-state index < -0.39 is 0 Å². The molecule has 1 amide bonds. The lowest BCUT2D eigenvalue weighted by molar-refractivity contribution is 0.0948. The second-order valence-corrected chi connectivity index (χ2v) is 4.23. The van der Waals surface area contributed by atoms with Gasteiger partial charge in [0.25, 0.3) is 5.91 Å². The van der Waals surface area contributed by atoms with Crippen LogP contribution in [0.15, 0.2) is 35.2 Å². The number of nitrogens with zero attached hydrogens (tertiary/aromatic N) is 2. The second-order valence-electron chi connectivity index (χ2n) is 3.38. The molecule has 2 aromatic heterocycles. The first-order chi connectivity index (χ1) is 8.27. The van der Waals surface area contributed by atoms with E-state index in [0.717, 1.165) is 5.82 Å². The zero-order chi connectivity index (χ0) is 12.1. The highest BCUT2D eigenvalue weighted by atomic mass is 79.9. The van der Waals surface area contributed by atoms with E-state index >= 15 is 0 Å². The number of pyridine rings is 1. The van der Waals surface area contributed by atoms with Crippen LogP contribution in [0.2, 0.25) is 0 Å². The maximum Gasteiger partial charge on any atom is 0.271 e. The summed E-state index contributed by atoms with van der Waals surface area (Å²) >= 11 is 3.29. The van der Waals surface area contributed by atoms with Gasteiger partial charge in [-0.2, -0.15) is 0 Å². The highest BCUT2D eigenvalue weighted by molar-refractivity contribution is 9.10. The molecule has 2 heterocycles. The molecule has 0 unspecified atom stereocenters. The Labute approximate surface area is 107 Å². The first-order valence-electron chi connectivity index (χ1n) is 5.14. The summed E-state index contributed by atoms with van der Waals surface area (Å²) in [4.78, 5) is 22.8. The zero-order valence-electron chi connectivity index (χ0n) is 8.98. The van der Waals surface area contributed by atoms with Gasteiger partial charge >= 0.3 is 0 Å². The molecule has 2 N–H and O–H groups in total. The first kappa shape index (κ1) is 11.8. The number of amides is 1. The molecule has 5 nitrogen and oxygen atoms in total. The van der Waals surface area contributed by atoms with Crippen LogP contribution in [0.3, 0.4) is 0 Å². The Hall–Kier alpha value is -1.69. The van der Waals surface area contributed by atoms with E-state index in [1.54, 1.807) is 30.7 Å². The average Bonchev–Trinajstić information content (AvgIpc) is 2.82. The molecule has 0 bridgehead atoms. The summed E-state index contributed by atoms with van der Waals surface area (Å²) in [5.74, 6) is 0.661. The van der Waals surface area contributed by atoms with Gasteiger partial charge in [0.15, 0.2) is 0 Å². The normalized spacial score (nSPS) is 10.2. The number of carbonyl (C=O) groups is 1. The summed E-state index contributed by atoms with van der Waals surface area (Å²) in [6.45, 7) is 0.523. The van der Waals surface area contributed by atoms with E-state index in [2.05, 4.69) is 36.2 Å². The quantitative estimate of drug-likeness (QED) is 0.899. The minimum Gasteiger partial charge on any atom is -0.350 e. The monoisotopic (exact) mass is 294 g/mol. The molecule has 0 spiro atoms. The predicted molar refractivity (Wildman–Crippen MR) is 66.6 cm³/mol. The lowest BCUT2D eigenvalue weighted by atomic mass is 10.3. The number of rotatable bonds is 4. The maximum absolute atomic E-state index is 11.8. The van der Waals surface area contributed by atoms with E-state index in [4.69, 9.17) is 0 Å². The number of imidazole rings is 1. The van der Waals surface area contributed by atoms with Crippen LogP contribution in [-0.4, -0.2) is 27.4 Å². The molecule has 0 aliphatic rings. The highest BCUT2D eigenvalue weighted by Gasteiger charge is 2.10. The fourth-order valence-electron chi connectivity index (χ4n) is 1.37. The van der Waals surface area contributed by atoms with Crippen molar-refractivity contribution >= 4 is 21.8 Å². The maximum atomic E-state index is 11.8. The third-order valence-electron chi connectivity index (χ3n) is 2.18. The molecule has 17 heavy (non-hydrogen) atoms. The number of hydrogen-bond acceptors (Lipinski definition) is 3. The number of carbonyl (C=O) groups excluding carboxylic acids is 1. The van der Waals surface area contributed by atoms with Crippen LogP contribution in [0.5, 0.6) is 0 Å². The van der Waals surface area contributed by atoms with E-state index in [1.165, 1.54) is 0 Å². The van der Waals surface area contributed by atoms with Crippen molar-refractivity contribution in [3.8, 4) is 0 Å². The smallest absolute Gasteiger partial charge is 0.271 e. The van der Waals surface area contributed by atoms with Crippen molar-refractivity contribution in [1.29, 1.82) is 0 Å². The zero-order valence-corrected chi connectivity index (χ0v) is 10.6. The standard InChI is InChI=1S/C11H11BrN4O/c12-8-2-1-4-15-10(8)11(17)16-5-3-9-13-6-7-14-9/h1-2,4,6-7H,3,5H2,(H,13,14)(H,16,17). The molecule has 6 heteroatoms. The minimum absolute atomic E-state index is 0.191. The van der Waals surface area contributed by atoms with Crippen molar-refractivity contribution in [3.63, 3.8) is 0 Å². The van der Waals surface area contributed by atoms with Gasteiger partial charge in [0.1, 0.15) is 11.5 Å². The minimum atomic E-state index is -0.191. The summed E-state index contributed by atoms with van der Waals surface area (Å²) in [5.41, 5.74) is 0.395. The molecule has 88 valence electrons. The summed E-state index contributed by atoms with van der Waals surface area (Å²) < 4.78 is 0.690. The van der Waals surface area contributed by atoms with Crippen molar-refractivity contribution < 1.29 is 4.79 Å². The third-order valence-corrected chi connectivity index (χ3v) is 2.82. The Balaban J connectivity index is 1.88. The largest absolute Gasteiger partial charge is 0.350 e. The number of aromatic amines is 1. The van der Waals surface area contributed by atoms with Gasteiger partial charge < -0.3 is 10.3 Å². The average molecular weight is 295 g/mol. The molecule has 2 rings (SSSR count). The Kier molecular flexibility index (Phi) is 3.87. The van der Waals surface area contributed by atoms with Crippen molar-refractivity contribution in [1.82, 2.24) is 20.3 Å². The van der Waals surface area contributed by atoms with Crippen LogP contribution in [0.1, 0.15) is 16.3 Å². The molecule has 0 radical (unpaired) electrons. The van der Waals surface area contributed by atoms with E-state index in [9.17, 15) is 4.79 Å². The van der Waals surface area contributed by atoms with Gasteiger partial charge in [-0.25, -0.2) is 9.97 Å². The van der Waals surface area contributed by atoms with E-state index in [-0.39, 0.29) is 5.91 Å². The van der Waals surface area contributed by atoms with Crippen molar-refractivity contribution in [2.75, 3.05) is 6.54 Å². The fourth-order valence-corrected chi connectivity index (χ4v) is 1.80. The van der Waals surface area contributed by atoms with Gasteiger partial charge in [-0.05, 0) is 28.1 Å². The van der Waals surface area contributed by atoms with Gasteiger partial charge in [0.05, 0.1) is 0 Å². The van der Waals surface area contributed by atoms with Crippen LogP contribution >= 0.6 is 15.9 Å². The van der Waals surface area contributed by atoms with Crippen LogP contribution in [0.4, 0.5) is 0 Å². The highest BCUT2D eigenvalue weighted by Crippen LogP contribution is 2.12. The summed E-state index contributed by atoms with van der Waals surface area (Å²) in [6, 6.07) is 3.55. The number of nitrogens with one attached hydrogen (secondary N) is 2. The first-order valence-corrected chi connectivity index (χ1v) is 5.93. The van der Waals surface area contributed by atoms with Crippen molar-refractivity contribution in [2.45, 2.75) is 6.42 Å². The van der Waals surface area contributed by atoms with Gasteiger partial charge in [0, 0.05) is 36.0 Å². The van der Waals surface area contributed by atoms with Crippen LogP contribution in [0.25, 0.3) is 0 Å². The van der Waals surface area contributed by atoms with Gasteiger partial charge in [-0.3, -0.25) is 4.79 Å². The molecule has 0 aliphatic heterocycles. The molecule has 0 aliphatic carbocycles. The van der Waals surface area contributed by atoms with Crippen LogP contribution in [0, 0.1) is 0 Å². The topological polar surface area (TPSA) is 70.7 Å². The number of halogens is 1. The predicted octanol–water partition coefficient (Wildman–Crippen LogP) is 1.54. The summed E-state index contributed by atoms with van der Waals surface area (Å²) in [7, 11) is 0. The van der Waals surface area contributed by atoms with Gasteiger partial charge in [-0.1, -0.05) is 0 Å². The van der Waals surface area contributed by atoms with Crippen LogP contribution < -0.4 is 5.32 Å². The second kappa shape index (κ2) is 5.58. The summed E-state index contributed by atoms with van der Waals surface area (Å²) in [6.07, 6.45) is 5.70. The molecule has 2 aromatic rings. The van der Waals surface area contributed by atoms with Gasteiger partial charge in [0.2, 0.25) is 0 Å². The van der Waals surface area contributed by atoms with Gasteiger partial charge in [-0.15, -0.1) is 0 Å². The Morgan fingerprint density at radius 1 is 1.41 bits per heavy atom. The molecular weight excluding hydrogens is 284 g/mol. The Morgan fingerprint density at radius 3 is 3.00 bits per heavy atom. The Morgan fingerprint density at radius 2 is 2.29 bits per heavy atom. The Bertz CT molecular complexity index is 498. The fraction of sp³-hybridized carbons (Fsp3) is 0.182. The van der Waals surface area contributed by atoms with Crippen LogP contribution in [-0.2, 0) is 6.42 Å². The molecule has 0 saturated carbocycles. The van der Waals surface area contributed by atoms with Crippen molar-refractivity contribution in [2.24, 2.45) is 0 Å². The number of H-pyrrole nitrogens is 1. The lowest BCUT2D eigenvalue weighted by Gasteiger charge is -2.04. The molecule has 0 aromatic carbocycles. The molecule has 0 saturated heterocycles. The molecular formula is C11H11BrN4O. The molecule has 0 atom stereocenters. The summed E-state index contributed by atoms with van der Waals surface area (Å²) in [5, 5.41) is 2.79. The lowest BCUT2D eigenvalue weighted by Crippen LogP contribution is -2.27. The number of hydrogen-bond donors (Lipinski definition) is 2. The van der Waals surface area contributed by atoms with E-state index in [0.29, 0.717) is 23.1 Å².